The van der Waals surface area contributed by atoms with Crippen LogP contribution in [0.3, 0.4) is 0 Å². The van der Waals surface area contributed by atoms with Gasteiger partial charge in [0.05, 0.1) is 5.69 Å². The third-order valence-electron chi connectivity index (χ3n) is 5.95. The van der Waals surface area contributed by atoms with Crippen LogP contribution in [0.1, 0.15) is 45.1 Å². The summed E-state index contributed by atoms with van der Waals surface area (Å²) in [6.45, 7) is 3.93. The van der Waals surface area contributed by atoms with Gasteiger partial charge in [0.15, 0.2) is 0 Å². The van der Waals surface area contributed by atoms with Crippen molar-refractivity contribution in [1.82, 2.24) is 20.7 Å². The van der Waals surface area contributed by atoms with Gasteiger partial charge in [-0.05, 0) is 30.5 Å². The summed E-state index contributed by atoms with van der Waals surface area (Å²) in [6.07, 6.45) is 5.61. The lowest BCUT2D eigenvalue weighted by Crippen LogP contribution is -2.49. The zero-order chi connectivity index (χ0) is 23.4. The summed E-state index contributed by atoms with van der Waals surface area (Å²) < 4.78 is 0. The van der Waals surface area contributed by atoms with E-state index in [0.29, 0.717) is 12.8 Å². The minimum Gasteiger partial charge on any atom is -0.354 e. The Morgan fingerprint density at radius 1 is 1.00 bits per heavy atom. The number of amides is 4. The average molecular weight is 445 g/mol. The lowest BCUT2D eigenvalue weighted by Gasteiger charge is -2.25. The van der Waals surface area contributed by atoms with E-state index in [4.69, 9.17) is 0 Å². The van der Waals surface area contributed by atoms with Crippen LogP contribution in [0.5, 0.6) is 0 Å². The summed E-state index contributed by atoms with van der Waals surface area (Å²) in [5.41, 5.74) is 5.20. The van der Waals surface area contributed by atoms with Gasteiger partial charge in [0.1, 0.15) is 5.54 Å². The maximum Gasteiger partial charge on any atom is 0.344 e. The van der Waals surface area contributed by atoms with Gasteiger partial charge in [0, 0.05) is 22.5 Å². The molecule has 0 aliphatic carbocycles. The molecule has 0 unspecified atom stereocenters. The molecular weight excluding hydrogens is 416 g/mol. The second-order valence-corrected chi connectivity index (χ2v) is 8.29. The largest absolute Gasteiger partial charge is 0.354 e. The summed E-state index contributed by atoms with van der Waals surface area (Å²) in [6, 6.07) is 17.1. The number of para-hydroxylation sites is 1. The zero-order valence-corrected chi connectivity index (χ0v) is 18.9. The van der Waals surface area contributed by atoms with E-state index >= 15 is 0 Å². The summed E-state index contributed by atoms with van der Waals surface area (Å²) in [4.78, 5) is 41.6. The van der Waals surface area contributed by atoms with Crippen molar-refractivity contribution in [3.63, 3.8) is 0 Å². The number of nitrogens with zero attached hydrogens (tertiary/aromatic N) is 1. The van der Waals surface area contributed by atoms with Crippen LogP contribution in [0.15, 0.2) is 60.7 Å². The molecule has 0 saturated carbocycles. The minimum atomic E-state index is -0.950. The molecule has 0 radical (unpaired) electrons. The molecule has 0 bridgehead atoms. The second-order valence-electron chi connectivity index (χ2n) is 8.29. The van der Waals surface area contributed by atoms with Crippen LogP contribution >= 0.6 is 0 Å². The fourth-order valence-electron chi connectivity index (χ4n) is 4.52. The van der Waals surface area contributed by atoms with Gasteiger partial charge in [0.2, 0.25) is 0 Å². The molecule has 7 heteroatoms. The summed E-state index contributed by atoms with van der Waals surface area (Å²) >= 11 is 0. The number of carbonyl (C=O) groups excluding carboxylic acids is 3. The number of aromatic amines is 1. The van der Waals surface area contributed by atoms with Gasteiger partial charge < -0.3 is 10.3 Å². The fourth-order valence-corrected chi connectivity index (χ4v) is 4.52. The maximum atomic E-state index is 13.0. The van der Waals surface area contributed by atoms with Crippen LogP contribution in [0.4, 0.5) is 4.79 Å². The molecule has 3 N–H and O–H groups in total. The first-order valence-corrected chi connectivity index (χ1v) is 11.3. The molecule has 4 rings (SSSR count). The van der Waals surface area contributed by atoms with E-state index in [-0.39, 0.29) is 0 Å². The van der Waals surface area contributed by atoms with Crippen LogP contribution in [0.2, 0.25) is 0 Å². The quantitative estimate of drug-likeness (QED) is 0.345. The molecule has 1 aliphatic rings. The molecule has 0 atom stereocenters. The van der Waals surface area contributed by atoms with Crippen LogP contribution in [0.25, 0.3) is 28.2 Å². The molecule has 4 amide bonds. The third kappa shape index (κ3) is 4.26. The highest BCUT2D eigenvalue weighted by atomic mass is 16.2. The number of urea groups is 1. The van der Waals surface area contributed by atoms with Gasteiger partial charge in [0.25, 0.3) is 11.8 Å². The normalized spacial score (nSPS) is 15.4. The Labute approximate surface area is 192 Å². The van der Waals surface area contributed by atoms with Crippen molar-refractivity contribution in [3.8, 4) is 11.3 Å². The summed E-state index contributed by atoms with van der Waals surface area (Å²) in [7, 11) is 0. The van der Waals surface area contributed by atoms with E-state index in [1.165, 1.54) is 6.08 Å². The number of imide groups is 1. The Hall–Kier alpha value is -3.87. The molecule has 2 aromatic carbocycles. The number of hydrogen-bond donors (Lipinski definition) is 3. The number of benzene rings is 2. The van der Waals surface area contributed by atoms with E-state index in [2.05, 4.69) is 15.7 Å². The van der Waals surface area contributed by atoms with Crippen LogP contribution < -0.4 is 10.7 Å². The highest BCUT2D eigenvalue weighted by Gasteiger charge is 2.50. The maximum absolute atomic E-state index is 13.0. The number of aromatic nitrogens is 1. The standard InChI is InChI=1S/C26H28N4O3/c1-3-16-26(17-4-2)24(32)30(25(33)28-26)29-22(31)15-14-20-19-12-8-9-13-21(19)27-23(20)18-10-6-5-7-11-18/h5-15,27H,3-4,16-17H2,1-2H3,(H,28,33)(H,29,31). The molecular formula is C26H28N4O3. The van der Waals surface area contributed by atoms with Gasteiger partial charge in [-0.1, -0.05) is 75.2 Å². The van der Waals surface area contributed by atoms with Crippen LogP contribution in [0, 0.1) is 0 Å². The Morgan fingerprint density at radius 3 is 2.36 bits per heavy atom. The Bertz CT molecular complexity index is 1210. The summed E-state index contributed by atoms with van der Waals surface area (Å²) in [5.74, 6) is -0.957. The molecule has 1 saturated heterocycles. The Morgan fingerprint density at radius 2 is 1.67 bits per heavy atom. The number of H-pyrrole nitrogens is 1. The van der Waals surface area contributed by atoms with Crippen molar-refractivity contribution >= 4 is 34.8 Å². The molecule has 1 aromatic heterocycles. The molecule has 33 heavy (non-hydrogen) atoms. The number of carbonyl (C=O) groups is 3. The van der Waals surface area contributed by atoms with Crippen LogP contribution in [-0.2, 0) is 9.59 Å². The van der Waals surface area contributed by atoms with E-state index in [1.807, 2.05) is 68.4 Å². The number of fused-ring (bicyclic) bond motifs is 1. The first-order chi connectivity index (χ1) is 16.0. The second kappa shape index (κ2) is 9.32. The topological polar surface area (TPSA) is 94.3 Å². The third-order valence-corrected chi connectivity index (χ3v) is 5.95. The first-order valence-electron chi connectivity index (χ1n) is 11.3. The molecule has 1 aliphatic heterocycles. The van der Waals surface area contributed by atoms with Crippen molar-refractivity contribution in [1.29, 1.82) is 0 Å². The predicted octanol–water partition coefficient (Wildman–Crippen LogP) is 4.77. The van der Waals surface area contributed by atoms with Crippen molar-refractivity contribution in [2.45, 2.75) is 45.1 Å². The van der Waals surface area contributed by atoms with Crippen molar-refractivity contribution < 1.29 is 14.4 Å². The highest BCUT2D eigenvalue weighted by molar-refractivity contribution is 6.09. The Kier molecular flexibility index (Phi) is 6.31. The molecule has 3 aromatic rings. The molecule has 170 valence electrons. The molecule has 2 heterocycles. The lowest BCUT2D eigenvalue weighted by molar-refractivity contribution is -0.138. The highest BCUT2D eigenvalue weighted by Crippen LogP contribution is 2.31. The van der Waals surface area contributed by atoms with E-state index in [9.17, 15) is 14.4 Å². The number of rotatable bonds is 8. The Balaban J connectivity index is 1.59. The SMILES string of the molecule is CCCC1(CCC)NC(=O)N(NC(=O)C=Cc2c(-c3ccccc3)[nH]c3ccccc23)C1=O. The first kappa shape index (κ1) is 22.3. The minimum absolute atomic E-state index is 0.407. The number of hydrazine groups is 1. The van der Waals surface area contributed by atoms with Gasteiger partial charge >= 0.3 is 6.03 Å². The van der Waals surface area contributed by atoms with Crippen molar-refractivity contribution in [2.75, 3.05) is 0 Å². The van der Waals surface area contributed by atoms with E-state index in [0.717, 1.165) is 45.6 Å². The van der Waals surface area contributed by atoms with E-state index in [1.54, 1.807) is 6.08 Å². The smallest absolute Gasteiger partial charge is 0.344 e. The molecule has 7 nitrogen and oxygen atoms in total. The fraction of sp³-hybridized carbons (Fsp3) is 0.269. The van der Waals surface area contributed by atoms with Gasteiger partial charge in [-0.25, -0.2) is 4.79 Å². The predicted molar refractivity (Wildman–Crippen MR) is 129 cm³/mol. The molecule has 1 fully saturated rings. The van der Waals surface area contributed by atoms with E-state index < -0.39 is 23.4 Å². The van der Waals surface area contributed by atoms with Gasteiger partial charge in [-0.15, -0.1) is 0 Å². The van der Waals surface area contributed by atoms with Crippen molar-refractivity contribution in [3.05, 3.63) is 66.2 Å². The monoisotopic (exact) mass is 444 g/mol. The lowest BCUT2D eigenvalue weighted by atomic mass is 9.89. The van der Waals surface area contributed by atoms with Crippen LogP contribution in [-0.4, -0.2) is 33.4 Å². The van der Waals surface area contributed by atoms with Gasteiger partial charge in [-0.3, -0.25) is 15.0 Å². The number of hydrogen-bond acceptors (Lipinski definition) is 3. The molecule has 0 spiro atoms. The zero-order valence-electron chi connectivity index (χ0n) is 18.9. The summed E-state index contributed by atoms with van der Waals surface area (Å²) in [5, 5.41) is 4.58. The van der Waals surface area contributed by atoms with Crippen molar-refractivity contribution in [2.24, 2.45) is 0 Å². The number of nitrogens with one attached hydrogen (secondary N) is 3. The average Bonchev–Trinajstić information content (AvgIpc) is 3.29. The van der Waals surface area contributed by atoms with Gasteiger partial charge in [-0.2, -0.15) is 5.01 Å².